The van der Waals surface area contributed by atoms with Gasteiger partial charge >= 0.3 is 6.09 Å². The van der Waals surface area contributed by atoms with E-state index in [2.05, 4.69) is 0 Å². The van der Waals surface area contributed by atoms with Gasteiger partial charge in [0.05, 0.1) is 25.4 Å². The van der Waals surface area contributed by atoms with Crippen LogP contribution in [0.1, 0.15) is 6.42 Å². The molecule has 1 heterocycles. The molecule has 1 fully saturated rings. The minimum absolute atomic E-state index is 0.0108. The van der Waals surface area contributed by atoms with Crippen LogP contribution in [0.4, 0.5) is 10.5 Å². The zero-order valence-electron chi connectivity index (χ0n) is 9.76. The number of carbonyl (C=O) groups is 1. The molecular weight excluding hydrogens is 220 g/mol. The standard InChI is InChI=1S/C12H16N2O3/c1-16-11-4-2-3-9(7-11)14-10(8-13)5-6-17-12(14)15/h2-4,7,10H,5-6,8,13H2,1H3. The predicted octanol–water partition coefficient (Wildman–Crippen LogP) is 1.37. The van der Waals surface area contributed by atoms with Crippen LogP contribution in [0.3, 0.4) is 0 Å². The third-order valence-corrected chi connectivity index (χ3v) is 2.84. The van der Waals surface area contributed by atoms with Crippen LogP contribution in [0.2, 0.25) is 0 Å². The van der Waals surface area contributed by atoms with Gasteiger partial charge in [0.15, 0.2) is 0 Å². The molecule has 0 radical (unpaired) electrons. The highest BCUT2D eigenvalue weighted by Crippen LogP contribution is 2.26. The summed E-state index contributed by atoms with van der Waals surface area (Å²) in [6, 6.07) is 7.30. The maximum atomic E-state index is 11.8. The number of ether oxygens (including phenoxy) is 2. The molecule has 0 aromatic heterocycles. The molecule has 0 spiro atoms. The molecule has 1 aliphatic heterocycles. The average molecular weight is 236 g/mol. The van der Waals surface area contributed by atoms with Gasteiger partial charge in [-0.25, -0.2) is 4.79 Å². The van der Waals surface area contributed by atoms with Crippen molar-refractivity contribution in [2.45, 2.75) is 12.5 Å². The fraction of sp³-hybridized carbons (Fsp3) is 0.417. The first-order chi connectivity index (χ1) is 8.26. The first-order valence-corrected chi connectivity index (χ1v) is 5.56. The van der Waals surface area contributed by atoms with E-state index in [4.69, 9.17) is 15.2 Å². The van der Waals surface area contributed by atoms with Gasteiger partial charge in [-0.1, -0.05) is 6.07 Å². The molecule has 1 aromatic carbocycles. The fourth-order valence-electron chi connectivity index (χ4n) is 1.93. The van der Waals surface area contributed by atoms with Gasteiger partial charge in [0.25, 0.3) is 0 Å². The van der Waals surface area contributed by atoms with Gasteiger partial charge in [-0.2, -0.15) is 0 Å². The molecule has 0 aliphatic carbocycles. The summed E-state index contributed by atoms with van der Waals surface area (Å²) in [6.45, 7) is 0.855. The first kappa shape index (κ1) is 11.7. The zero-order chi connectivity index (χ0) is 12.3. The lowest BCUT2D eigenvalue weighted by molar-refractivity contribution is 0.130. The second-order valence-corrected chi connectivity index (χ2v) is 3.86. The van der Waals surface area contributed by atoms with E-state index in [1.165, 1.54) is 0 Å². The number of cyclic esters (lactones) is 1. The van der Waals surface area contributed by atoms with Crippen molar-refractivity contribution in [2.24, 2.45) is 5.73 Å². The number of carbonyl (C=O) groups excluding carboxylic acids is 1. The van der Waals surface area contributed by atoms with Gasteiger partial charge in [0, 0.05) is 19.0 Å². The van der Waals surface area contributed by atoms with Gasteiger partial charge in [-0.15, -0.1) is 0 Å². The summed E-state index contributed by atoms with van der Waals surface area (Å²) in [4.78, 5) is 13.4. The highest BCUT2D eigenvalue weighted by molar-refractivity contribution is 5.89. The summed E-state index contributed by atoms with van der Waals surface area (Å²) in [6.07, 6.45) is 0.402. The lowest BCUT2D eigenvalue weighted by atomic mass is 10.1. The molecule has 1 atom stereocenters. The van der Waals surface area contributed by atoms with Gasteiger partial charge in [-0.3, -0.25) is 4.90 Å². The van der Waals surface area contributed by atoms with Gasteiger partial charge in [0.1, 0.15) is 5.75 Å². The minimum atomic E-state index is -0.347. The van der Waals surface area contributed by atoms with E-state index in [1.807, 2.05) is 18.2 Å². The van der Waals surface area contributed by atoms with Crippen molar-refractivity contribution in [3.05, 3.63) is 24.3 Å². The molecule has 1 amide bonds. The molecule has 0 bridgehead atoms. The van der Waals surface area contributed by atoms with Crippen LogP contribution in [0, 0.1) is 0 Å². The van der Waals surface area contributed by atoms with Crippen molar-refractivity contribution in [1.82, 2.24) is 0 Å². The van der Waals surface area contributed by atoms with E-state index < -0.39 is 0 Å². The fourth-order valence-corrected chi connectivity index (χ4v) is 1.93. The number of benzene rings is 1. The van der Waals surface area contributed by atoms with Crippen LogP contribution in [-0.2, 0) is 4.74 Å². The van der Waals surface area contributed by atoms with Crippen LogP contribution in [-0.4, -0.2) is 32.4 Å². The Balaban J connectivity index is 2.30. The SMILES string of the molecule is COc1cccc(N2C(=O)OCCC2CN)c1. The number of methoxy groups -OCH3 is 1. The highest BCUT2D eigenvalue weighted by Gasteiger charge is 2.30. The molecular formula is C12H16N2O3. The van der Waals surface area contributed by atoms with E-state index in [1.54, 1.807) is 18.1 Å². The Labute approximate surface area is 100 Å². The number of amides is 1. The van der Waals surface area contributed by atoms with E-state index in [0.717, 1.165) is 12.1 Å². The Kier molecular flexibility index (Phi) is 3.49. The summed E-state index contributed by atoms with van der Waals surface area (Å²) in [5.41, 5.74) is 6.44. The maximum Gasteiger partial charge on any atom is 0.414 e. The second-order valence-electron chi connectivity index (χ2n) is 3.86. The quantitative estimate of drug-likeness (QED) is 0.860. The normalized spacial score (nSPS) is 20.0. The molecule has 1 aliphatic rings. The lowest BCUT2D eigenvalue weighted by Gasteiger charge is -2.34. The molecule has 2 N–H and O–H groups in total. The Hall–Kier alpha value is -1.75. The number of rotatable bonds is 3. The first-order valence-electron chi connectivity index (χ1n) is 5.56. The highest BCUT2D eigenvalue weighted by atomic mass is 16.6. The summed E-state index contributed by atoms with van der Waals surface area (Å²) in [7, 11) is 1.59. The Morgan fingerprint density at radius 1 is 1.59 bits per heavy atom. The number of hydrogen-bond acceptors (Lipinski definition) is 4. The van der Waals surface area contributed by atoms with Crippen LogP contribution in [0.5, 0.6) is 5.75 Å². The molecule has 5 heteroatoms. The third-order valence-electron chi connectivity index (χ3n) is 2.84. The Morgan fingerprint density at radius 3 is 3.12 bits per heavy atom. The maximum absolute atomic E-state index is 11.8. The largest absolute Gasteiger partial charge is 0.497 e. The molecule has 1 unspecified atom stereocenters. The van der Waals surface area contributed by atoms with Crippen molar-refractivity contribution < 1.29 is 14.3 Å². The summed E-state index contributed by atoms with van der Waals surface area (Å²) in [5, 5.41) is 0. The molecule has 92 valence electrons. The third kappa shape index (κ3) is 2.34. The van der Waals surface area contributed by atoms with Crippen molar-refractivity contribution in [3.63, 3.8) is 0 Å². The van der Waals surface area contributed by atoms with Crippen molar-refractivity contribution in [3.8, 4) is 5.75 Å². The number of anilines is 1. The topological polar surface area (TPSA) is 64.8 Å². The average Bonchev–Trinajstić information content (AvgIpc) is 2.38. The zero-order valence-corrected chi connectivity index (χ0v) is 9.76. The lowest BCUT2D eigenvalue weighted by Crippen LogP contribution is -2.49. The minimum Gasteiger partial charge on any atom is -0.497 e. The van der Waals surface area contributed by atoms with Crippen LogP contribution < -0.4 is 15.4 Å². The Bertz CT molecular complexity index is 408. The van der Waals surface area contributed by atoms with E-state index in [0.29, 0.717) is 18.9 Å². The summed E-state index contributed by atoms with van der Waals surface area (Å²) < 4.78 is 10.2. The number of hydrogen-bond donors (Lipinski definition) is 1. The molecule has 0 saturated carbocycles. The molecule has 17 heavy (non-hydrogen) atoms. The van der Waals surface area contributed by atoms with Gasteiger partial charge in [0.2, 0.25) is 0 Å². The van der Waals surface area contributed by atoms with E-state index >= 15 is 0 Å². The number of nitrogens with two attached hydrogens (primary N) is 1. The second kappa shape index (κ2) is 5.05. The predicted molar refractivity (Wildman–Crippen MR) is 64.3 cm³/mol. The van der Waals surface area contributed by atoms with E-state index in [-0.39, 0.29) is 12.1 Å². The van der Waals surface area contributed by atoms with Crippen LogP contribution in [0.15, 0.2) is 24.3 Å². The molecule has 2 rings (SSSR count). The van der Waals surface area contributed by atoms with Crippen LogP contribution in [0.25, 0.3) is 0 Å². The Morgan fingerprint density at radius 2 is 2.41 bits per heavy atom. The van der Waals surface area contributed by atoms with E-state index in [9.17, 15) is 4.79 Å². The van der Waals surface area contributed by atoms with Crippen molar-refractivity contribution in [1.29, 1.82) is 0 Å². The van der Waals surface area contributed by atoms with Gasteiger partial charge < -0.3 is 15.2 Å². The molecule has 5 nitrogen and oxygen atoms in total. The summed E-state index contributed by atoms with van der Waals surface area (Å²) >= 11 is 0. The van der Waals surface area contributed by atoms with Crippen molar-refractivity contribution in [2.75, 3.05) is 25.2 Å². The van der Waals surface area contributed by atoms with Crippen molar-refractivity contribution >= 4 is 11.8 Å². The molecule has 1 saturated heterocycles. The number of nitrogens with zero attached hydrogens (tertiary/aromatic N) is 1. The summed E-state index contributed by atoms with van der Waals surface area (Å²) in [5.74, 6) is 0.705. The smallest absolute Gasteiger partial charge is 0.414 e. The van der Waals surface area contributed by atoms with Crippen LogP contribution >= 0.6 is 0 Å². The van der Waals surface area contributed by atoms with Gasteiger partial charge in [-0.05, 0) is 12.1 Å². The molecule has 1 aromatic rings. The monoisotopic (exact) mass is 236 g/mol.